The maximum absolute atomic E-state index is 5.54. The van der Waals surface area contributed by atoms with E-state index in [2.05, 4.69) is 19.8 Å². The Balaban J connectivity index is 1.77. The largest absolute Gasteiger partial charge is 0.329 e. The summed E-state index contributed by atoms with van der Waals surface area (Å²) in [7, 11) is 0. The van der Waals surface area contributed by atoms with Gasteiger partial charge < -0.3 is 5.73 Å². The fourth-order valence-corrected chi connectivity index (χ4v) is 1.97. The number of hydrogen-bond donors (Lipinski definition) is 1. The minimum absolute atomic E-state index is 0.752. The monoisotopic (exact) mass is 221 g/mol. The second kappa shape index (κ2) is 5.89. The number of nitrogens with zero attached hydrogens (tertiary/aromatic N) is 4. The van der Waals surface area contributed by atoms with Crippen LogP contribution in [0.15, 0.2) is 18.5 Å². The lowest BCUT2D eigenvalue weighted by atomic mass is 10.3. The second-order valence-electron chi connectivity index (χ2n) is 4.07. The zero-order valence-electron chi connectivity index (χ0n) is 9.55. The van der Waals surface area contributed by atoms with Gasteiger partial charge in [0, 0.05) is 51.7 Å². The summed E-state index contributed by atoms with van der Waals surface area (Å²) in [6.07, 6.45) is 3.60. The molecule has 2 rings (SSSR count). The molecule has 0 aliphatic carbocycles. The van der Waals surface area contributed by atoms with E-state index in [9.17, 15) is 0 Å². The number of piperazine rings is 1. The van der Waals surface area contributed by atoms with Gasteiger partial charge in [-0.05, 0) is 6.07 Å². The molecule has 2 N–H and O–H groups in total. The Morgan fingerprint density at radius 2 is 1.69 bits per heavy atom. The SMILES string of the molecule is NCCN1CCN(Cc2ncccn2)CC1. The summed E-state index contributed by atoms with van der Waals surface area (Å²) >= 11 is 0. The third-order valence-corrected chi connectivity index (χ3v) is 2.89. The smallest absolute Gasteiger partial charge is 0.142 e. The summed E-state index contributed by atoms with van der Waals surface area (Å²) in [5, 5.41) is 0. The van der Waals surface area contributed by atoms with Crippen molar-refractivity contribution in [1.82, 2.24) is 19.8 Å². The first-order valence-corrected chi connectivity index (χ1v) is 5.79. The van der Waals surface area contributed by atoms with Crippen molar-refractivity contribution in [2.75, 3.05) is 39.3 Å². The van der Waals surface area contributed by atoms with E-state index < -0.39 is 0 Å². The Morgan fingerprint density at radius 3 is 2.31 bits per heavy atom. The van der Waals surface area contributed by atoms with E-state index >= 15 is 0 Å². The summed E-state index contributed by atoms with van der Waals surface area (Å²) in [6, 6.07) is 1.85. The van der Waals surface area contributed by atoms with Crippen molar-refractivity contribution in [3.05, 3.63) is 24.3 Å². The summed E-state index contributed by atoms with van der Waals surface area (Å²) in [6.45, 7) is 6.99. The standard InChI is InChI=1S/C11H19N5/c12-2-5-15-6-8-16(9-7-15)10-11-13-3-1-4-14-11/h1,3-4H,2,5-10,12H2. The zero-order valence-corrected chi connectivity index (χ0v) is 9.55. The predicted molar refractivity (Wildman–Crippen MR) is 62.8 cm³/mol. The van der Waals surface area contributed by atoms with E-state index in [-0.39, 0.29) is 0 Å². The van der Waals surface area contributed by atoms with Gasteiger partial charge in [-0.25, -0.2) is 9.97 Å². The van der Waals surface area contributed by atoms with Crippen LogP contribution < -0.4 is 5.73 Å². The first kappa shape index (κ1) is 11.4. The molecule has 0 unspecified atom stereocenters. The molecule has 0 aromatic carbocycles. The third kappa shape index (κ3) is 3.23. The number of nitrogens with two attached hydrogens (primary N) is 1. The van der Waals surface area contributed by atoms with Crippen LogP contribution in [0.25, 0.3) is 0 Å². The van der Waals surface area contributed by atoms with Crippen molar-refractivity contribution >= 4 is 0 Å². The Labute approximate surface area is 96.3 Å². The normalized spacial score (nSPS) is 18.8. The second-order valence-corrected chi connectivity index (χ2v) is 4.07. The van der Waals surface area contributed by atoms with Crippen LogP contribution in [-0.2, 0) is 6.54 Å². The lowest BCUT2D eigenvalue weighted by Crippen LogP contribution is -2.47. The topological polar surface area (TPSA) is 58.3 Å². The van der Waals surface area contributed by atoms with E-state index in [1.165, 1.54) is 0 Å². The summed E-state index contributed by atoms with van der Waals surface area (Å²) in [5.74, 6) is 0.912. The van der Waals surface area contributed by atoms with E-state index in [1.54, 1.807) is 12.4 Å². The molecular weight excluding hydrogens is 202 g/mol. The van der Waals surface area contributed by atoms with Crippen LogP contribution >= 0.6 is 0 Å². The lowest BCUT2D eigenvalue weighted by Gasteiger charge is -2.33. The van der Waals surface area contributed by atoms with Crippen molar-refractivity contribution < 1.29 is 0 Å². The molecular formula is C11H19N5. The Morgan fingerprint density at radius 1 is 1.06 bits per heavy atom. The summed E-state index contributed by atoms with van der Waals surface area (Å²) in [4.78, 5) is 13.3. The van der Waals surface area contributed by atoms with Crippen LogP contribution in [0.5, 0.6) is 0 Å². The Hall–Kier alpha value is -1.04. The fourth-order valence-electron chi connectivity index (χ4n) is 1.97. The highest BCUT2D eigenvalue weighted by molar-refractivity contribution is 4.89. The molecule has 1 aliphatic rings. The molecule has 0 bridgehead atoms. The molecule has 0 amide bonds. The highest BCUT2D eigenvalue weighted by Gasteiger charge is 2.16. The number of aromatic nitrogens is 2. The maximum Gasteiger partial charge on any atom is 0.142 e. The van der Waals surface area contributed by atoms with Gasteiger partial charge in [-0.15, -0.1) is 0 Å². The minimum atomic E-state index is 0.752. The minimum Gasteiger partial charge on any atom is -0.329 e. The predicted octanol–water partition coefficient (Wildman–Crippen LogP) is -0.447. The lowest BCUT2D eigenvalue weighted by molar-refractivity contribution is 0.127. The van der Waals surface area contributed by atoms with E-state index in [1.807, 2.05) is 6.07 Å². The molecule has 16 heavy (non-hydrogen) atoms. The first-order valence-electron chi connectivity index (χ1n) is 5.79. The molecule has 1 aromatic rings. The van der Waals surface area contributed by atoms with Crippen LogP contribution in [0.2, 0.25) is 0 Å². The molecule has 0 spiro atoms. The first-order chi connectivity index (χ1) is 7.88. The Bertz CT molecular complexity index is 295. The Kier molecular flexibility index (Phi) is 4.21. The highest BCUT2D eigenvalue weighted by Crippen LogP contribution is 2.04. The third-order valence-electron chi connectivity index (χ3n) is 2.89. The van der Waals surface area contributed by atoms with Crippen LogP contribution in [0.1, 0.15) is 5.82 Å². The van der Waals surface area contributed by atoms with Crippen LogP contribution in [0.3, 0.4) is 0 Å². The average Bonchev–Trinajstić information content (AvgIpc) is 2.33. The molecule has 1 saturated heterocycles. The average molecular weight is 221 g/mol. The summed E-state index contributed by atoms with van der Waals surface area (Å²) in [5.41, 5.74) is 5.54. The summed E-state index contributed by atoms with van der Waals surface area (Å²) < 4.78 is 0. The van der Waals surface area contributed by atoms with Gasteiger partial charge in [0.1, 0.15) is 5.82 Å². The molecule has 88 valence electrons. The molecule has 1 aromatic heterocycles. The van der Waals surface area contributed by atoms with Gasteiger partial charge in [-0.2, -0.15) is 0 Å². The van der Waals surface area contributed by atoms with Crippen molar-refractivity contribution in [3.63, 3.8) is 0 Å². The van der Waals surface area contributed by atoms with Crippen molar-refractivity contribution in [3.8, 4) is 0 Å². The van der Waals surface area contributed by atoms with Crippen LogP contribution in [0.4, 0.5) is 0 Å². The molecule has 5 nitrogen and oxygen atoms in total. The van der Waals surface area contributed by atoms with Crippen molar-refractivity contribution in [2.24, 2.45) is 5.73 Å². The van der Waals surface area contributed by atoms with Gasteiger partial charge in [-0.1, -0.05) is 0 Å². The molecule has 1 fully saturated rings. The quantitative estimate of drug-likeness (QED) is 0.746. The highest BCUT2D eigenvalue weighted by atomic mass is 15.3. The molecule has 0 saturated carbocycles. The van der Waals surface area contributed by atoms with E-state index in [4.69, 9.17) is 5.73 Å². The molecule has 0 atom stereocenters. The van der Waals surface area contributed by atoms with Crippen LogP contribution in [0, 0.1) is 0 Å². The number of rotatable bonds is 4. The van der Waals surface area contributed by atoms with Gasteiger partial charge in [0.25, 0.3) is 0 Å². The number of hydrogen-bond acceptors (Lipinski definition) is 5. The molecule has 1 aliphatic heterocycles. The van der Waals surface area contributed by atoms with Gasteiger partial charge in [0.2, 0.25) is 0 Å². The molecule has 0 radical (unpaired) electrons. The van der Waals surface area contributed by atoms with Gasteiger partial charge in [0.05, 0.1) is 6.54 Å². The maximum atomic E-state index is 5.54. The van der Waals surface area contributed by atoms with Gasteiger partial charge >= 0.3 is 0 Å². The van der Waals surface area contributed by atoms with Crippen molar-refractivity contribution in [2.45, 2.75) is 6.54 Å². The zero-order chi connectivity index (χ0) is 11.2. The van der Waals surface area contributed by atoms with Gasteiger partial charge in [-0.3, -0.25) is 9.80 Å². The van der Waals surface area contributed by atoms with Crippen molar-refractivity contribution in [1.29, 1.82) is 0 Å². The van der Waals surface area contributed by atoms with Crippen LogP contribution in [-0.4, -0.2) is 59.0 Å². The van der Waals surface area contributed by atoms with E-state index in [0.29, 0.717) is 0 Å². The molecule has 2 heterocycles. The fraction of sp³-hybridized carbons (Fsp3) is 0.636. The van der Waals surface area contributed by atoms with Gasteiger partial charge in [0.15, 0.2) is 0 Å². The van der Waals surface area contributed by atoms with E-state index in [0.717, 1.165) is 51.6 Å². The molecule has 5 heteroatoms.